The molecule has 0 radical (unpaired) electrons. The average molecular weight is 534 g/mol. The van der Waals surface area contributed by atoms with Crippen LogP contribution in [0.25, 0.3) is 0 Å². The number of aliphatic carboxylic acids is 1. The number of aliphatic hydroxyl groups excluding tert-OH is 1. The first-order chi connectivity index (χ1) is 16.8. The quantitative estimate of drug-likeness (QED) is 0.142. The second kappa shape index (κ2) is 13.6. The lowest BCUT2D eigenvalue weighted by Crippen LogP contribution is -2.60. The minimum atomic E-state index is -2.21. The Bertz CT molecular complexity index is 902. The third-order valence-corrected chi connectivity index (χ3v) is 6.63. The monoisotopic (exact) mass is 533 g/mol. The van der Waals surface area contributed by atoms with E-state index in [0.717, 1.165) is 0 Å². The summed E-state index contributed by atoms with van der Waals surface area (Å²) < 4.78 is 0. The largest absolute Gasteiger partial charge is 0.479 e. The fourth-order valence-electron chi connectivity index (χ4n) is 3.05. The zero-order valence-corrected chi connectivity index (χ0v) is 20.5. The Morgan fingerprint density at radius 3 is 2.11 bits per heavy atom. The Labute approximate surface area is 210 Å². The third-order valence-electron chi connectivity index (χ3n) is 5.16. The molecular weight excluding hydrogens is 502 g/mol. The lowest BCUT2D eigenvalue weighted by atomic mass is 10.1. The summed E-state index contributed by atoms with van der Waals surface area (Å²) in [6, 6.07) is -5.52. The molecule has 5 atom stereocenters. The summed E-state index contributed by atoms with van der Waals surface area (Å²) >= 11 is 0.568. The maximum absolute atomic E-state index is 13.0. The topological polar surface area (TPSA) is 272 Å². The second-order valence-corrected chi connectivity index (χ2v) is 9.26. The Balaban J connectivity index is 3.54. The molecule has 1 saturated heterocycles. The van der Waals surface area contributed by atoms with Crippen molar-refractivity contribution in [3.63, 3.8) is 0 Å². The molecule has 0 saturated carbocycles. The van der Waals surface area contributed by atoms with Crippen LogP contribution in [-0.4, -0.2) is 100 Å². The summed E-state index contributed by atoms with van der Waals surface area (Å²) in [6.45, 7) is 0.416. The number of nitrogens with one attached hydrogen (secondary N) is 5. The van der Waals surface area contributed by atoms with Gasteiger partial charge in [-0.1, -0.05) is 0 Å². The summed E-state index contributed by atoms with van der Waals surface area (Å²) in [6.07, 6.45) is -1.68. The number of thioether (sulfide) groups is 1. The van der Waals surface area contributed by atoms with Gasteiger partial charge in [-0.05, 0) is 20.4 Å². The molecule has 1 heterocycles. The van der Waals surface area contributed by atoms with E-state index >= 15 is 0 Å². The first kappa shape index (κ1) is 30.6. The molecule has 202 valence electrons. The van der Waals surface area contributed by atoms with Gasteiger partial charge in [0.1, 0.15) is 18.1 Å². The Kier molecular flexibility index (Phi) is 11.6. The second-order valence-electron chi connectivity index (χ2n) is 7.95. The highest BCUT2D eigenvalue weighted by atomic mass is 32.2. The summed E-state index contributed by atoms with van der Waals surface area (Å²) in [5, 5.41) is 31.2. The zero-order chi connectivity index (χ0) is 27.6. The fraction of sp³-hybridized carbons (Fsp3) is 0.632. The van der Waals surface area contributed by atoms with Gasteiger partial charge >= 0.3 is 5.97 Å². The smallest absolute Gasteiger partial charge is 0.340 e. The predicted octanol–water partition coefficient (Wildman–Crippen LogP) is -5.17. The Morgan fingerprint density at radius 2 is 1.61 bits per heavy atom. The number of primary amides is 2. The number of amides is 6. The molecule has 1 aliphatic heterocycles. The molecular formula is C19H31N7O9S. The molecule has 0 aromatic carbocycles. The number of hydrogen-bond acceptors (Lipinski definition) is 10. The molecule has 17 heteroatoms. The van der Waals surface area contributed by atoms with E-state index in [0.29, 0.717) is 11.8 Å². The van der Waals surface area contributed by atoms with E-state index in [-0.39, 0.29) is 5.75 Å². The van der Waals surface area contributed by atoms with Gasteiger partial charge < -0.3 is 48.3 Å². The number of likely N-dealkylation sites (N-methyl/N-ethyl adjacent to an activating group) is 1. The standard InChI is InChI=1S/C19H31N7O9S/c1-8-14(30)24-9(5-13(21)29)17(33)26-19(18(34)35,4-3-12(20)28)36-7-11(22-2)16(32)25-10(6-27)15(31)23-8/h8-11,22,27H,3-7H2,1-2H3,(H2,20,28)(H2,21,29)(H,23,31)(H,24,30)(H,25,32)(H,26,33)(H,34,35)/t8?,9?,10?,11-,19+/m0/s1. The molecule has 6 amide bonds. The van der Waals surface area contributed by atoms with Crippen molar-refractivity contribution in [3.8, 4) is 0 Å². The van der Waals surface area contributed by atoms with Crippen LogP contribution in [0.15, 0.2) is 0 Å². The number of rotatable bonds is 8. The van der Waals surface area contributed by atoms with Crippen LogP contribution in [0.5, 0.6) is 0 Å². The van der Waals surface area contributed by atoms with Gasteiger partial charge in [-0.2, -0.15) is 0 Å². The summed E-state index contributed by atoms with van der Waals surface area (Å²) in [7, 11) is 1.38. The van der Waals surface area contributed by atoms with Gasteiger partial charge in [-0.3, -0.25) is 28.8 Å². The number of nitrogens with two attached hydrogens (primary N) is 2. The number of aliphatic hydroxyl groups is 1. The van der Waals surface area contributed by atoms with E-state index in [9.17, 15) is 43.8 Å². The highest BCUT2D eigenvalue weighted by Crippen LogP contribution is 2.29. The SMILES string of the molecule is CN[C@H]1CS[C@](CCC(N)=O)(C(=O)O)NC(=O)C(CC(N)=O)NC(=O)C(C)NC(=O)C(CO)NC1=O. The highest BCUT2D eigenvalue weighted by molar-refractivity contribution is 8.01. The van der Waals surface area contributed by atoms with Crippen LogP contribution in [0, 0.1) is 0 Å². The maximum atomic E-state index is 13.0. The Hall–Kier alpha value is -3.44. The fourth-order valence-corrected chi connectivity index (χ4v) is 4.36. The Morgan fingerprint density at radius 1 is 1.00 bits per heavy atom. The number of carboxylic acids is 1. The van der Waals surface area contributed by atoms with E-state index in [4.69, 9.17) is 11.5 Å². The first-order valence-corrected chi connectivity index (χ1v) is 11.7. The van der Waals surface area contributed by atoms with E-state index in [1.165, 1.54) is 14.0 Å². The molecule has 36 heavy (non-hydrogen) atoms. The molecule has 0 aromatic heterocycles. The van der Waals surface area contributed by atoms with Crippen LogP contribution >= 0.6 is 11.8 Å². The molecule has 0 aromatic rings. The van der Waals surface area contributed by atoms with Crippen molar-refractivity contribution >= 4 is 53.2 Å². The van der Waals surface area contributed by atoms with Crippen LogP contribution in [0.2, 0.25) is 0 Å². The van der Waals surface area contributed by atoms with E-state index in [1.807, 2.05) is 0 Å². The minimum absolute atomic E-state index is 0.295. The van der Waals surface area contributed by atoms with Crippen molar-refractivity contribution in [2.24, 2.45) is 11.5 Å². The number of carboxylic acid groups (broad SMARTS) is 1. The van der Waals surface area contributed by atoms with E-state index in [2.05, 4.69) is 26.6 Å². The average Bonchev–Trinajstić information content (AvgIpc) is 2.79. The molecule has 3 unspecified atom stereocenters. The van der Waals surface area contributed by atoms with Crippen molar-refractivity contribution in [1.29, 1.82) is 0 Å². The number of carbonyl (C=O) groups excluding carboxylic acids is 6. The van der Waals surface area contributed by atoms with Gasteiger partial charge in [0.05, 0.1) is 19.1 Å². The lowest BCUT2D eigenvalue weighted by Gasteiger charge is -2.32. The first-order valence-electron chi connectivity index (χ1n) is 10.7. The lowest BCUT2D eigenvalue weighted by molar-refractivity contribution is -0.144. The van der Waals surface area contributed by atoms with Crippen LogP contribution in [0.4, 0.5) is 0 Å². The number of carbonyl (C=O) groups is 7. The summed E-state index contributed by atoms with van der Waals surface area (Å²) in [4.78, 5) is 83.9. The van der Waals surface area contributed by atoms with Gasteiger partial charge in [-0.25, -0.2) is 4.79 Å². The minimum Gasteiger partial charge on any atom is -0.479 e. The van der Waals surface area contributed by atoms with Crippen molar-refractivity contribution in [2.75, 3.05) is 19.4 Å². The molecule has 0 aliphatic carbocycles. The summed E-state index contributed by atoms with van der Waals surface area (Å²) in [5.74, 6) is -7.52. The van der Waals surface area contributed by atoms with Crippen LogP contribution in [0.3, 0.4) is 0 Å². The molecule has 16 nitrogen and oxygen atoms in total. The van der Waals surface area contributed by atoms with Gasteiger partial charge in [0.25, 0.3) is 0 Å². The van der Waals surface area contributed by atoms with Gasteiger partial charge in [-0.15, -0.1) is 11.8 Å². The van der Waals surface area contributed by atoms with Crippen molar-refractivity contribution < 1.29 is 43.8 Å². The van der Waals surface area contributed by atoms with E-state index in [1.54, 1.807) is 0 Å². The van der Waals surface area contributed by atoms with Crippen LogP contribution < -0.4 is 38.1 Å². The third kappa shape index (κ3) is 8.65. The van der Waals surface area contributed by atoms with Gasteiger partial charge in [0, 0.05) is 12.2 Å². The molecule has 0 spiro atoms. The molecule has 11 N–H and O–H groups in total. The molecule has 1 rings (SSSR count). The van der Waals surface area contributed by atoms with Gasteiger partial charge in [0.2, 0.25) is 35.4 Å². The van der Waals surface area contributed by atoms with E-state index < -0.39 is 96.3 Å². The maximum Gasteiger partial charge on any atom is 0.340 e. The normalized spacial score (nSPS) is 28.4. The molecule has 0 bridgehead atoms. The van der Waals surface area contributed by atoms with Crippen molar-refractivity contribution in [1.82, 2.24) is 26.6 Å². The predicted molar refractivity (Wildman–Crippen MR) is 125 cm³/mol. The van der Waals surface area contributed by atoms with Crippen LogP contribution in [-0.2, 0) is 33.6 Å². The summed E-state index contributed by atoms with van der Waals surface area (Å²) in [5.41, 5.74) is 10.3. The molecule has 1 fully saturated rings. The zero-order valence-electron chi connectivity index (χ0n) is 19.7. The van der Waals surface area contributed by atoms with Crippen molar-refractivity contribution in [3.05, 3.63) is 0 Å². The van der Waals surface area contributed by atoms with Crippen molar-refractivity contribution in [2.45, 2.75) is 55.2 Å². The highest BCUT2D eigenvalue weighted by Gasteiger charge is 2.44. The molecule has 1 aliphatic rings. The van der Waals surface area contributed by atoms with Gasteiger partial charge in [0.15, 0.2) is 4.87 Å². The van der Waals surface area contributed by atoms with Crippen LogP contribution in [0.1, 0.15) is 26.2 Å². The number of hydrogen-bond donors (Lipinski definition) is 9.